The molecule has 0 saturated heterocycles. The van der Waals surface area contributed by atoms with Gasteiger partial charge in [0.25, 0.3) is 0 Å². The first-order valence-electron chi connectivity index (χ1n) is 7.53. The summed E-state index contributed by atoms with van der Waals surface area (Å²) in [5.41, 5.74) is 0.821. The number of fused-ring (bicyclic) bond motifs is 1. The zero-order valence-electron chi connectivity index (χ0n) is 13.0. The molecular weight excluding hydrogens is 358 g/mol. The molecule has 1 aliphatic rings. The molecule has 0 atom stereocenters. The van der Waals surface area contributed by atoms with Gasteiger partial charge in [0.05, 0.1) is 16.4 Å². The largest absolute Gasteiger partial charge is 0.494 e. The lowest BCUT2D eigenvalue weighted by atomic mass is 10.3. The van der Waals surface area contributed by atoms with E-state index in [0.717, 1.165) is 15.1 Å². The summed E-state index contributed by atoms with van der Waals surface area (Å²) in [6.07, 6.45) is 2.96. The molecule has 126 valence electrons. The lowest BCUT2D eigenvalue weighted by Gasteiger charge is -2.18. The maximum Gasteiger partial charge on any atom is 0.319 e. The van der Waals surface area contributed by atoms with Crippen LogP contribution in [0.5, 0.6) is 0 Å². The third-order valence-electron chi connectivity index (χ3n) is 3.36. The van der Waals surface area contributed by atoms with Crippen molar-refractivity contribution in [3.8, 4) is 0 Å². The Morgan fingerprint density at radius 1 is 1.24 bits per heavy atom. The van der Waals surface area contributed by atoms with Gasteiger partial charge < -0.3 is 9.47 Å². The van der Waals surface area contributed by atoms with Crippen molar-refractivity contribution in [3.63, 3.8) is 0 Å². The number of benzene rings is 1. The third kappa shape index (κ3) is 3.40. The number of nitrogens with zero attached hydrogens (tertiary/aromatic N) is 3. The van der Waals surface area contributed by atoms with E-state index in [2.05, 4.69) is 10.1 Å². The van der Waals surface area contributed by atoms with Gasteiger partial charge in [0.2, 0.25) is 10.9 Å². The quantitative estimate of drug-likeness (QED) is 0.519. The highest BCUT2D eigenvalue weighted by atomic mass is 32.1. The summed E-state index contributed by atoms with van der Waals surface area (Å²) in [7, 11) is 0. The Bertz CT molecular complexity index is 914. The van der Waals surface area contributed by atoms with Crippen LogP contribution in [0.1, 0.15) is 4.88 Å². The van der Waals surface area contributed by atoms with E-state index < -0.39 is 5.91 Å². The summed E-state index contributed by atoms with van der Waals surface area (Å²) in [5, 5.41) is 8.03. The van der Waals surface area contributed by atoms with Crippen molar-refractivity contribution in [1.29, 1.82) is 0 Å². The van der Waals surface area contributed by atoms with Crippen molar-refractivity contribution in [2.24, 2.45) is 5.10 Å². The standard InChI is InChI=1S/C17H13N3O3S2/c21-16(14-11-22-7-8-23-14)20(18-10-12-4-3-9-24-12)17-19-13-5-1-2-6-15(13)25-17/h1-6,9-11H,7-8H2/b18-10+. The molecule has 0 saturated carbocycles. The van der Waals surface area contributed by atoms with E-state index in [1.807, 2.05) is 41.8 Å². The van der Waals surface area contributed by atoms with Gasteiger partial charge >= 0.3 is 5.91 Å². The predicted octanol–water partition coefficient (Wildman–Crippen LogP) is 3.61. The van der Waals surface area contributed by atoms with Crippen molar-refractivity contribution in [2.75, 3.05) is 18.2 Å². The Hall–Kier alpha value is -2.71. The molecule has 1 amide bonds. The molecule has 0 aliphatic carbocycles. The normalized spacial score (nSPS) is 14.2. The maximum atomic E-state index is 12.8. The Morgan fingerprint density at radius 2 is 2.16 bits per heavy atom. The monoisotopic (exact) mass is 371 g/mol. The molecule has 0 fully saturated rings. The number of aromatic nitrogens is 1. The first kappa shape index (κ1) is 15.8. The molecular formula is C17H13N3O3S2. The second kappa shape index (κ2) is 7.04. The Labute approximate surface area is 151 Å². The van der Waals surface area contributed by atoms with E-state index in [0.29, 0.717) is 18.3 Å². The molecule has 4 rings (SSSR count). The van der Waals surface area contributed by atoms with Crippen LogP contribution in [-0.4, -0.2) is 30.3 Å². The number of carbonyl (C=O) groups excluding carboxylic acids is 1. The number of thiophene rings is 1. The lowest BCUT2D eigenvalue weighted by Crippen LogP contribution is -2.30. The highest BCUT2D eigenvalue weighted by Gasteiger charge is 2.26. The van der Waals surface area contributed by atoms with Crippen molar-refractivity contribution >= 4 is 50.1 Å². The average molecular weight is 371 g/mol. The molecule has 0 radical (unpaired) electrons. The zero-order valence-corrected chi connectivity index (χ0v) is 14.6. The second-order valence-corrected chi connectivity index (χ2v) is 7.03. The molecule has 3 aromatic rings. The fourth-order valence-electron chi connectivity index (χ4n) is 2.20. The first-order chi connectivity index (χ1) is 12.3. The predicted molar refractivity (Wildman–Crippen MR) is 99.0 cm³/mol. The molecule has 0 unspecified atom stereocenters. The van der Waals surface area contributed by atoms with Gasteiger partial charge in [0, 0.05) is 4.88 Å². The number of para-hydroxylation sites is 1. The van der Waals surface area contributed by atoms with Crippen LogP contribution in [0.2, 0.25) is 0 Å². The Kier molecular flexibility index (Phi) is 4.45. The minimum absolute atomic E-state index is 0.119. The van der Waals surface area contributed by atoms with Crippen LogP contribution < -0.4 is 5.01 Å². The fraction of sp³-hybridized carbons (Fsp3) is 0.118. The highest BCUT2D eigenvalue weighted by molar-refractivity contribution is 7.22. The van der Waals surface area contributed by atoms with Crippen molar-refractivity contribution < 1.29 is 14.3 Å². The number of rotatable bonds is 4. The van der Waals surface area contributed by atoms with Crippen molar-refractivity contribution in [1.82, 2.24) is 4.98 Å². The van der Waals surface area contributed by atoms with Gasteiger partial charge in [-0.2, -0.15) is 10.1 Å². The van der Waals surface area contributed by atoms with E-state index in [-0.39, 0.29) is 5.76 Å². The molecule has 8 heteroatoms. The maximum absolute atomic E-state index is 12.8. The topological polar surface area (TPSA) is 64.0 Å². The molecule has 25 heavy (non-hydrogen) atoms. The molecule has 3 heterocycles. The van der Waals surface area contributed by atoms with Gasteiger partial charge in [-0.05, 0) is 23.6 Å². The summed E-state index contributed by atoms with van der Waals surface area (Å²) in [5.74, 6) is -0.291. The molecule has 2 aromatic heterocycles. The number of amides is 1. The summed E-state index contributed by atoms with van der Waals surface area (Å²) >= 11 is 2.93. The molecule has 0 N–H and O–H groups in total. The first-order valence-corrected chi connectivity index (χ1v) is 9.23. The van der Waals surface area contributed by atoms with Gasteiger partial charge in [-0.3, -0.25) is 4.79 Å². The molecule has 1 aromatic carbocycles. The van der Waals surface area contributed by atoms with Crippen molar-refractivity contribution in [3.05, 3.63) is 58.7 Å². The van der Waals surface area contributed by atoms with E-state index in [4.69, 9.17) is 9.47 Å². The number of hydrogen-bond acceptors (Lipinski definition) is 7. The van der Waals surface area contributed by atoms with Crippen molar-refractivity contribution in [2.45, 2.75) is 0 Å². The minimum atomic E-state index is -0.411. The van der Waals surface area contributed by atoms with E-state index in [1.165, 1.54) is 33.9 Å². The van der Waals surface area contributed by atoms with Crippen LogP contribution in [0.15, 0.2) is 58.9 Å². The fourth-order valence-corrected chi connectivity index (χ4v) is 3.71. The van der Waals surface area contributed by atoms with Gasteiger partial charge in [-0.1, -0.05) is 29.5 Å². The number of hydrazone groups is 1. The molecule has 0 bridgehead atoms. The lowest BCUT2D eigenvalue weighted by molar-refractivity contribution is -0.119. The average Bonchev–Trinajstić information content (AvgIpc) is 3.32. The molecule has 6 nitrogen and oxygen atoms in total. The number of anilines is 1. The van der Waals surface area contributed by atoms with Gasteiger partial charge in [0.15, 0.2) is 0 Å². The molecule has 0 spiro atoms. The smallest absolute Gasteiger partial charge is 0.319 e. The third-order valence-corrected chi connectivity index (χ3v) is 5.18. The van der Waals surface area contributed by atoms with Crippen LogP contribution in [0, 0.1) is 0 Å². The Balaban J connectivity index is 1.71. The summed E-state index contributed by atoms with van der Waals surface area (Å²) in [6.45, 7) is 0.760. The number of hydrogen-bond donors (Lipinski definition) is 0. The Morgan fingerprint density at radius 3 is 2.92 bits per heavy atom. The summed E-state index contributed by atoms with van der Waals surface area (Å²) in [4.78, 5) is 18.3. The van der Waals surface area contributed by atoms with Crippen LogP contribution in [0.25, 0.3) is 10.2 Å². The van der Waals surface area contributed by atoms with Gasteiger partial charge in [-0.15, -0.1) is 11.3 Å². The minimum Gasteiger partial charge on any atom is -0.494 e. The van der Waals surface area contributed by atoms with E-state index in [1.54, 1.807) is 6.21 Å². The summed E-state index contributed by atoms with van der Waals surface area (Å²) < 4.78 is 11.6. The van der Waals surface area contributed by atoms with Gasteiger partial charge in [-0.25, -0.2) is 4.98 Å². The van der Waals surface area contributed by atoms with Crippen LogP contribution >= 0.6 is 22.7 Å². The van der Waals surface area contributed by atoms with E-state index in [9.17, 15) is 4.79 Å². The van der Waals surface area contributed by atoms with Crippen LogP contribution in [0.4, 0.5) is 5.13 Å². The number of carbonyl (C=O) groups is 1. The number of thiazole rings is 1. The van der Waals surface area contributed by atoms with Crippen LogP contribution in [0.3, 0.4) is 0 Å². The summed E-state index contributed by atoms with van der Waals surface area (Å²) in [6, 6.07) is 11.6. The zero-order chi connectivity index (χ0) is 17.1. The van der Waals surface area contributed by atoms with Gasteiger partial charge in [0.1, 0.15) is 19.5 Å². The SMILES string of the molecule is O=C(C1=COCCO1)N(/N=C/c1cccs1)c1nc2ccccc2s1. The van der Waals surface area contributed by atoms with Crippen LogP contribution in [-0.2, 0) is 14.3 Å². The second-order valence-electron chi connectivity index (χ2n) is 5.04. The van der Waals surface area contributed by atoms with E-state index >= 15 is 0 Å². The highest BCUT2D eigenvalue weighted by Crippen LogP contribution is 2.30. The molecule has 1 aliphatic heterocycles. The number of ether oxygens (including phenoxy) is 2.